The van der Waals surface area contributed by atoms with Crippen LogP contribution in [0.5, 0.6) is 0 Å². The molecule has 36 heavy (non-hydrogen) atoms. The largest absolute Gasteiger partial charge is 0.444 e. The van der Waals surface area contributed by atoms with Crippen LogP contribution in [0, 0.1) is 5.92 Å². The summed E-state index contributed by atoms with van der Waals surface area (Å²) >= 11 is 7.54. The van der Waals surface area contributed by atoms with E-state index >= 15 is 0 Å². The van der Waals surface area contributed by atoms with Crippen molar-refractivity contribution in [3.05, 3.63) is 59.6 Å². The molecule has 1 amide bonds. The number of nitrogens with zero attached hydrogens (tertiary/aromatic N) is 5. The number of benzene rings is 1. The first-order valence-corrected chi connectivity index (χ1v) is 13.5. The van der Waals surface area contributed by atoms with E-state index < -0.39 is 5.60 Å². The number of anilines is 1. The first-order valence-electron chi connectivity index (χ1n) is 11.9. The minimum atomic E-state index is -0.601. The third-order valence-corrected chi connectivity index (χ3v) is 5.93. The topological polar surface area (TPSA) is 85.2 Å². The molecule has 2 aromatic heterocycles. The monoisotopic (exact) mass is 530 g/mol. The summed E-state index contributed by atoms with van der Waals surface area (Å²) in [6, 6.07) is 9.34. The Morgan fingerprint density at radius 3 is 2.53 bits per heavy atom. The fourth-order valence-electron chi connectivity index (χ4n) is 3.67. The Labute approximate surface area is 222 Å². The molecular formula is C26H35ClN6O2S. The average molecular weight is 531 g/mol. The van der Waals surface area contributed by atoms with Crippen LogP contribution in [0.4, 0.5) is 10.6 Å². The molecule has 0 saturated heterocycles. The summed E-state index contributed by atoms with van der Waals surface area (Å²) in [6.07, 6.45) is 7.68. The Morgan fingerprint density at radius 2 is 1.94 bits per heavy atom. The third kappa shape index (κ3) is 8.71. The van der Waals surface area contributed by atoms with Crippen molar-refractivity contribution in [2.45, 2.75) is 64.4 Å². The zero-order chi connectivity index (χ0) is 26.3. The number of nitrogens with one attached hydrogen (secondary N) is 1. The van der Waals surface area contributed by atoms with Crippen molar-refractivity contribution in [3.8, 4) is 5.82 Å². The van der Waals surface area contributed by atoms with Crippen LogP contribution in [-0.2, 0) is 11.3 Å². The second-order valence-corrected chi connectivity index (χ2v) is 11.2. The molecule has 0 saturated carbocycles. The maximum Gasteiger partial charge on any atom is 0.410 e. The summed E-state index contributed by atoms with van der Waals surface area (Å²) in [5.41, 5.74) is 0.373. The summed E-state index contributed by atoms with van der Waals surface area (Å²) in [7, 11) is 0. The number of amides is 1. The molecule has 0 radical (unpaired) electrons. The van der Waals surface area contributed by atoms with Crippen LogP contribution in [0.1, 0.15) is 46.6 Å². The molecule has 1 atom stereocenters. The van der Waals surface area contributed by atoms with E-state index in [0.29, 0.717) is 35.0 Å². The van der Waals surface area contributed by atoms with Crippen LogP contribution in [-0.4, -0.2) is 55.0 Å². The summed E-state index contributed by atoms with van der Waals surface area (Å²) in [6.45, 7) is 10.8. The first kappa shape index (κ1) is 27.8. The van der Waals surface area contributed by atoms with E-state index in [1.807, 2.05) is 68.1 Å². The number of imidazole rings is 1. The molecule has 2 heterocycles. The van der Waals surface area contributed by atoms with E-state index in [-0.39, 0.29) is 12.1 Å². The van der Waals surface area contributed by atoms with Crippen molar-refractivity contribution in [3.63, 3.8) is 0 Å². The fraction of sp³-hybridized carbons (Fsp3) is 0.462. The van der Waals surface area contributed by atoms with Crippen molar-refractivity contribution < 1.29 is 9.53 Å². The number of carbonyl (C=O) groups excluding carboxylic acids is 1. The van der Waals surface area contributed by atoms with Crippen molar-refractivity contribution >= 4 is 35.3 Å². The first-order chi connectivity index (χ1) is 17.0. The highest BCUT2D eigenvalue weighted by molar-refractivity contribution is 7.98. The van der Waals surface area contributed by atoms with Gasteiger partial charge in [-0.15, -0.1) is 0 Å². The van der Waals surface area contributed by atoms with Gasteiger partial charge in [-0.1, -0.05) is 49.3 Å². The van der Waals surface area contributed by atoms with E-state index in [0.717, 1.165) is 17.8 Å². The molecule has 1 aromatic carbocycles. The van der Waals surface area contributed by atoms with E-state index in [4.69, 9.17) is 16.3 Å². The molecule has 0 spiro atoms. The van der Waals surface area contributed by atoms with Crippen LogP contribution in [0.15, 0.2) is 54.2 Å². The maximum atomic E-state index is 13.2. The highest BCUT2D eigenvalue weighted by atomic mass is 35.5. The van der Waals surface area contributed by atoms with Crippen LogP contribution in [0.3, 0.4) is 0 Å². The number of hydrogen-bond acceptors (Lipinski definition) is 7. The fourth-order valence-corrected chi connectivity index (χ4v) is 4.17. The van der Waals surface area contributed by atoms with Gasteiger partial charge in [0.25, 0.3) is 0 Å². The predicted molar refractivity (Wildman–Crippen MR) is 146 cm³/mol. The summed E-state index contributed by atoms with van der Waals surface area (Å²) < 4.78 is 7.60. The van der Waals surface area contributed by atoms with Crippen molar-refractivity contribution in [2.24, 2.45) is 5.92 Å². The number of hydrogen-bond donors (Lipinski definition) is 1. The van der Waals surface area contributed by atoms with Crippen molar-refractivity contribution in [1.82, 2.24) is 24.4 Å². The van der Waals surface area contributed by atoms with E-state index in [1.165, 1.54) is 11.8 Å². The number of rotatable bonds is 10. The van der Waals surface area contributed by atoms with Gasteiger partial charge in [-0.2, -0.15) is 0 Å². The van der Waals surface area contributed by atoms with Gasteiger partial charge in [0.2, 0.25) is 0 Å². The van der Waals surface area contributed by atoms with E-state index in [9.17, 15) is 4.79 Å². The number of aromatic nitrogens is 4. The zero-order valence-electron chi connectivity index (χ0n) is 21.7. The van der Waals surface area contributed by atoms with Gasteiger partial charge in [0.1, 0.15) is 23.6 Å². The Balaban J connectivity index is 1.88. The van der Waals surface area contributed by atoms with E-state index in [1.54, 1.807) is 17.4 Å². The SMILES string of the molecule is CSc1nc(N[C@@H](CC(C)C)CN(Cc2ccc(Cl)cc2)C(=O)OC(C)(C)C)cc(-n2ccnc2)n1. The summed E-state index contributed by atoms with van der Waals surface area (Å²) in [4.78, 5) is 28.4. The van der Waals surface area contributed by atoms with Gasteiger partial charge in [-0.25, -0.2) is 19.7 Å². The normalized spacial score (nSPS) is 12.4. The minimum absolute atomic E-state index is 0.0648. The predicted octanol–water partition coefficient (Wildman–Crippen LogP) is 6.30. The maximum absolute atomic E-state index is 13.2. The summed E-state index contributed by atoms with van der Waals surface area (Å²) in [5, 5.41) is 4.87. The molecule has 10 heteroatoms. The molecule has 0 aliphatic heterocycles. The molecule has 3 rings (SSSR count). The number of carbonyl (C=O) groups is 1. The minimum Gasteiger partial charge on any atom is -0.444 e. The van der Waals surface area contributed by atoms with Gasteiger partial charge in [-0.3, -0.25) is 4.57 Å². The second-order valence-electron chi connectivity index (χ2n) is 10.0. The molecule has 0 aliphatic rings. The quantitative estimate of drug-likeness (QED) is 0.243. The molecule has 194 valence electrons. The highest BCUT2D eigenvalue weighted by Crippen LogP contribution is 2.21. The molecule has 0 bridgehead atoms. The van der Waals surface area contributed by atoms with Crippen LogP contribution >= 0.6 is 23.4 Å². The van der Waals surface area contributed by atoms with Gasteiger partial charge in [0, 0.05) is 42.6 Å². The second kappa shape index (κ2) is 12.5. The van der Waals surface area contributed by atoms with Gasteiger partial charge < -0.3 is 15.0 Å². The lowest BCUT2D eigenvalue weighted by Gasteiger charge is -2.31. The van der Waals surface area contributed by atoms with Gasteiger partial charge in [0.05, 0.1) is 0 Å². The Hall–Kier alpha value is -2.78. The Kier molecular flexibility index (Phi) is 9.62. The van der Waals surface area contributed by atoms with Crippen LogP contribution in [0.2, 0.25) is 5.02 Å². The van der Waals surface area contributed by atoms with Crippen LogP contribution in [0.25, 0.3) is 5.82 Å². The van der Waals surface area contributed by atoms with Crippen LogP contribution < -0.4 is 5.32 Å². The molecular weight excluding hydrogens is 496 g/mol. The van der Waals surface area contributed by atoms with Gasteiger partial charge >= 0.3 is 6.09 Å². The highest BCUT2D eigenvalue weighted by Gasteiger charge is 2.26. The Bertz CT molecular complexity index is 1120. The van der Waals surface area contributed by atoms with Crippen molar-refractivity contribution in [2.75, 3.05) is 18.1 Å². The van der Waals surface area contributed by atoms with Gasteiger partial charge in [-0.05, 0) is 57.1 Å². The standard InChI is InChI=1S/C26H35ClN6O2S/c1-18(2)13-21(29-22-14-23(31-24(30-22)36-6)32-12-11-28-17-32)16-33(25(34)35-26(3,4)5)15-19-7-9-20(27)10-8-19/h7-12,14,17-18,21H,13,15-16H2,1-6H3,(H,29,30,31)/t21-/m0/s1. The Morgan fingerprint density at radius 1 is 1.22 bits per heavy atom. The lowest BCUT2D eigenvalue weighted by atomic mass is 10.0. The van der Waals surface area contributed by atoms with Crippen molar-refractivity contribution in [1.29, 1.82) is 0 Å². The smallest absolute Gasteiger partial charge is 0.410 e. The molecule has 8 nitrogen and oxygen atoms in total. The molecule has 0 fully saturated rings. The number of ether oxygens (including phenoxy) is 1. The average Bonchev–Trinajstić information content (AvgIpc) is 3.33. The zero-order valence-corrected chi connectivity index (χ0v) is 23.3. The molecule has 0 unspecified atom stereocenters. The van der Waals surface area contributed by atoms with Gasteiger partial charge in [0.15, 0.2) is 5.16 Å². The number of halogens is 1. The van der Waals surface area contributed by atoms with E-state index in [2.05, 4.69) is 34.1 Å². The molecule has 1 N–H and O–H groups in total. The molecule has 0 aliphatic carbocycles. The third-order valence-electron chi connectivity index (χ3n) is 5.13. The molecule has 3 aromatic rings. The number of thioether (sulfide) groups is 1. The summed E-state index contributed by atoms with van der Waals surface area (Å²) in [5.74, 6) is 1.82. The lowest BCUT2D eigenvalue weighted by molar-refractivity contribution is 0.0222. The lowest BCUT2D eigenvalue weighted by Crippen LogP contribution is -2.43.